The van der Waals surface area contributed by atoms with Crippen molar-refractivity contribution in [2.45, 2.75) is 31.3 Å². The highest BCUT2D eigenvalue weighted by atomic mass is 15.3. The van der Waals surface area contributed by atoms with E-state index in [0.29, 0.717) is 0 Å². The van der Waals surface area contributed by atoms with E-state index in [-0.39, 0.29) is 18.0 Å². The van der Waals surface area contributed by atoms with Crippen LogP contribution in [0.3, 0.4) is 0 Å². The van der Waals surface area contributed by atoms with Crippen molar-refractivity contribution in [2.75, 3.05) is 11.9 Å². The molecule has 0 aliphatic carbocycles. The summed E-state index contributed by atoms with van der Waals surface area (Å²) in [5, 5.41) is 7.73. The number of fused-ring (bicyclic) bond motifs is 8. The highest BCUT2D eigenvalue weighted by Gasteiger charge is 2.42. The van der Waals surface area contributed by atoms with E-state index in [1.165, 1.54) is 88.0 Å². The molecule has 3 unspecified atom stereocenters. The number of hydrogen-bond donors (Lipinski definition) is 0. The SMILES string of the molecule is CCC1c2cc(-c3ccccc3)ccc2N(C)C(n2c3ccccc3c3cc4ccccc4cc32)C1c1ccc2c(c1)c1ccccc1n2-c1ccccc1. The monoisotopic (exact) mass is 707 g/mol. The number of rotatable bonds is 5. The molecule has 11 rings (SSSR count). The van der Waals surface area contributed by atoms with Crippen LogP contribution in [0.5, 0.6) is 0 Å². The Labute approximate surface area is 321 Å². The van der Waals surface area contributed by atoms with Crippen molar-refractivity contribution in [1.29, 1.82) is 0 Å². The maximum Gasteiger partial charge on any atom is 0.114 e. The van der Waals surface area contributed by atoms with Crippen molar-refractivity contribution in [3.8, 4) is 16.8 Å². The molecule has 0 saturated carbocycles. The molecular formula is C52H41N3. The third-order valence-electron chi connectivity index (χ3n) is 12.4. The Morgan fingerprint density at radius 3 is 1.85 bits per heavy atom. The van der Waals surface area contributed by atoms with Gasteiger partial charge in [0.25, 0.3) is 0 Å². The quantitative estimate of drug-likeness (QED) is 0.174. The minimum Gasteiger partial charge on any atom is -0.353 e. The number of benzene rings is 8. The Kier molecular flexibility index (Phi) is 7.25. The van der Waals surface area contributed by atoms with Gasteiger partial charge in [0.2, 0.25) is 0 Å². The summed E-state index contributed by atoms with van der Waals surface area (Å²) in [6.45, 7) is 2.39. The van der Waals surface area contributed by atoms with Gasteiger partial charge >= 0.3 is 0 Å². The Morgan fingerprint density at radius 2 is 1.09 bits per heavy atom. The van der Waals surface area contributed by atoms with Crippen LogP contribution in [0.4, 0.5) is 5.69 Å². The predicted octanol–water partition coefficient (Wildman–Crippen LogP) is 13.6. The molecule has 8 aromatic carbocycles. The first-order chi connectivity index (χ1) is 27.2. The first kappa shape index (κ1) is 31.9. The topological polar surface area (TPSA) is 13.1 Å². The zero-order chi connectivity index (χ0) is 36.6. The second-order valence-electron chi connectivity index (χ2n) is 15.3. The van der Waals surface area contributed by atoms with Gasteiger partial charge in [-0.2, -0.15) is 0 Å². The molecule has 0 N–H and O–H groups in total. The lowest BCUT2D eigenvalue weighted by Gasteiger charge is -2.47. The standard InChI is InChI=1S/C52H41N3/c1-3-40-43-31-37(34-16-6-4-7-17-34)26-28-46(43)53(2)52(55-48-25-15-13-23-42(48)45-30-35-18-10-11-19-36(35)33-50(45)55)51(40)38-27-29-49-44(32-38)41-22-12-14-24-47(41)54(49)39-20-8-5-9-21-39/h4-33,40,51-52H,3H2,1-2H3. The lowest BCUT2D eigenvalue weighted by atomic mass is 9.73. The molecule has 0 amide bonds. The maximum atomic E-state index is 2.68. The average Bonchev–Trinajstić information content (AvgIpc) is 3.75. The summed E-state index contributed by atoms with van der Waals surface area (Å²) < 4.78 is 5.10. The number of likely N-dealkylation sites (N-methyl/N-ethyl adjacent to an activating group) is 1. The van der Waals surface area contributed by atoms with E-state index >= 15 is 0 Å². The van der Waals surface area contributed by atoms with Gasteiger partial charge in [-0.05, 0) is 106 Å². The van der Waals surface area contributed by atoms with Crippen LogP contribution >= 0.6 is 0 Å². The van der Waals surface area contributed by atoms with E-state index in [0.717, 1.165) is 6.42 Å². The zero-order valence-electron chi connectivity index (χ0n) is 31.1. The number of nitrogens with zero attached hydrogens (tertiary/aromatic N) is 3. The highest BCUT2D eigenvalue weighted by Crippen LogP contribution is 2.55. The van der Waals surface area contributed by atoms with Crippen molar-refractivity contribution in [1.82, 2.24) is 9.13 Å². The van der Waals surface area contributed by atoms with Crippen molar-refractivity contribution in [3.05, 3.63) is 193 Å². The molecule has 0 radical (unpaired) electrons. The van der Waals surface area contributed by atoms with Crippen LogP contribution in [0.25, 0.3) is 71.2 Å². The molecule has 10 aromatic rings. The summed E-state index contributed by atoms with van der Waals surface area (Å²) in [4.78, 5) is 2.58. The fourth-order valence-electron chi connectivity index (χ4n) is 10.0. The van der Waals surface area contributed by atoms with Gasteiger partial charge in [0.1, 0.15) is 6.17 Å². The minimum atomic E-state index is 0.0171. The molecule has 3 nitrogen and oxygen atoms in total. The molecule has 55 heavy (non-hydrogen) atoms. The second-order valence-corrected chi connectivity index (χ2v) is 15.3. The van der Waals surface area contributed by atoms with E-state index in [9.17, 15) is 0 Å². The van der Waals surface area contributed by atoms with Gasteiger partial charge in [-0.15, -0.1) is 0 Å². The van der Waals surface area contributed by atoms with Crippen LogP contribution in [-0.4, -0.2) is 16.2 Å². The summed E-state index contributed by atoms with van der Waals surface area (Å²) in [6, 6.07) is 67.7. The van der Waals surface area contributed by atoms with Crippen LogP contribution < -0.4 is 4.90 Å². The third kappa shape index (κ3) is 4.82. The fraction of sp³-hybridized carbons (Fsp3) is 0.115. The molecular weight excluding hydrogens is 667 g/mol. The summed E-state index contributed by atoms with van der Waals surface area (Å²) in [6.07, 6.45) is 1.04. The Hall–Kier alpha value is -6.58. The molecule has 3 heterocycles. The smallest absolute Gasteiger partial charge is 0.114 e. The van der Waals surface area contributed by atoms with Gasteiger partial charge in [0, 0.05) is 45.9 Å². The Balaban J connectivity index is 1.21. The van der Waals surface area contributed by atoms with E-state index < -0.39 is 0 Å². The molecule has 264 valence electrons. The van der Waals surface area contributed by atoms with Crippen LogP contribution in [0.15, 0.2) is 182 Å². The fourth-order valence-corrected chi connectivity index (χ4v) is 10.0. The molecule has 0 fully saturated rings. The summed E-state index contributed by atoms with van der Waals surface area (Å²) in [5.74, 6) is 0.429. The molecule has 0 bridgehead atoms. The van der Waals surface area contributed by atoms with Crippen molar-refractivity contribution in [3.63, 3.8) is 0 Å². The zero-order valence-corrected chi connectivity index (χ0v) is 31.1. The summed E-state index contributed by atoms with van der Waals surface area (Å²) >= 11 is 0. The Morgan fingerprint density at radius 1 is 0.473 bits per heavy atom. The van der Waals surface area contributed by atoms with Crippen LogP contribution in [0.2, 0.25) is 0 Å². The molecule has 1 aliphatic heterocycles. The van der Waals surface area contributed by atoms with E-state index in [4.69, 9.17) is 0 Å². The van der Waals surface area contributed by atoms with Crippen LogP contribution in [-0.2, 0) is 0 Å². The summed E-state index contributed by atoms with van der Waals surface area (Å²) in [5.41, 5.74) is 12.8. The largest absolute Gasteiger partial charge is 0.353 e. The van der Waals surface area contributed by atoms with Crippen molar-refractivity contribution < 1.29 is 0 Å². The van der Waals surface area contributed by atoms with Crippen LogP contribution in [0.1, 0.15) is 42.5 Å². The molecule has 0 saturated heterocycles. The number of anilines is 1. The van der Waals surface area contributed by atoms with Crippen LogP contribution in [0, 0.1) is 0 Å². The lowest BCUT2D eigenvalue weighted by molar-refractivity contribution is 0.345. The molecule has 2 aromatic heterocycles. The second kappa shape index (κ2) is 12.5. The average molecular weight is 708 g/mol. The lowest BCUT2D eigenvalue weighted by Crippen LogP contribution is -2.40. The number of hydrogen-bond acceptors (Lipinski definition) is 1. The van der Waals surface area contributed by atoms with E-state index in [2.05, 4.69) is 210 Å². The van der Waals surface area contributed by atoms with Crippen molar-refractivity contribution in [2.24, 2.45) is 0 Å². The Bertz CT molecular complexity index is 3060. The third-order valence-corrected chi connectivity index (χ3v) is 12.4. The molecule has 3 heteroatoms. The maximum absolute atomic E-state index is 2.68. The van der Waals surface area contributed by atoms with Gasteiger partial charge < -0.3 is 14.0 Å². The number of aromatic nitrogens is 2. The van der Waals surface area contributed by atoms with Gasteiger partial charge in [-0.3, -0.25) is 0 Å². The first-order valence-corrected chi connectivity index (χ1v) is 19.6. The molecule has 0 spiro atoms. The van der Waals surface area contributed by atoms with E-state index in [1.807, 2.05) is 0 Å². The first-order valence-electron chi connectivity index (χ1n) is 19.6. The van der Waals surface area contributed by atoms with Crippen molar-refractivity contribution >= 4 is 60.1 Å². The summed E-state index contributed by atoms with van der Waals surface area (Å²) in [7, 11) is 2.33. The highest BCUT2D eigenvalue weighted by molar-refractivity contribution is 6.13. The van der Waals surface area contributed by atoms with Gasteiger partial charge in [0.05, 0.1) is 22.1 Å². The van der Waals surface area contributed by atoms with Gasteiger partial charge in [0.15, 0.2) is 0 Å². The normalized spacial score (nSPS) is 17.1. The van der Waals surface area contributed by atoms with Gasteiger partial charge in [-0.1, -0.05) is 128 Å². The molecule has 1 aliphatic rings. The number of para-hydroxylation sites is 3. The van der Waals surface area contributed by atoms with Gasteiger partial charge in [-0.25, -0.2) is 0 Å². The molecule has 3 atom stereocenters. The predicted molar refractivity (Wildman–Crippen MR) is 233 cm³/mol. The minimum absolute atomic E-state index is 0.0171. The van der Waals surface area contributed by atoms with E-state index in [1.54, 1.807) is 0 Å².